The average Bonchev–Trinajstić information content (AvgIpc) is 2.47. The van der Waals surface area contributed by atoms with Crippen LogP contribution in [0.15, 0.2) is 42.5 Å². The Balaban J connectivity index is 1.75. The molecule has 0 aromatic heterocycles. The Bertz CT molecular complexity index is 610. The van der Waals surface area contributed by atoms with Crippen molar-refractivity contribution in [2.75, 3.05) is 0 Å². The molecular formula is C17H17FO2. The van der Waals surface area contributed by atoms with Gasteiger partial charge < -0.3 is 9.84 Å². The van der Waals surface area contributed by atoms with Gasteiger partial charge >= 0.3 is 0 Å². The quantitative estimate of drug-likeness (QED) is 0.921. The van der Waals surface area contributed by atoms with Crippen LogP contribution in [0, 0.1) is 5.82 Å². The van der Waals surface area contributed by atoms with Crippen LogP contribution >= 0.6 is 0 Å². The van der Waals surface area contributed by atoms with E-state index < -0.39 is 6.10 Å². The summed E-state index contributed by atoms with van der Waals surface area (Å²) < 4.78 is 19.1. The maximum absolute atomic E-state index is 13.5. The average molecular weight is 272 g/mol. The Morgan fingerprint density at radius 1 is 1.20 bits per heavy atom. The molecule has 2 nitrogen and oxygen atoms in total. The van der Waals surface area contributed by atoms with E-state index in [1.54, 1.807) is 18.2 Å². The fourth-order valence-electron chi connectivity index (χ4n) is 2.62. The van der Waals surface area contributed by atoms with Gasteiger partial charge in [0.25, 0.3) is 0 Å². The van der Waals surface area contributed by atoms with Gasteiger partial charge in [-0.15, -0.1) is 0 Å². The van der Waals surface area contributed by atoms with Gasteiger partial charge in [0.05, 0.1) is 6.10 Å². The van der Waals surface area contributed by atoms with Crippen LogP contribution in [-0.2, 0) is 13.0 Å². The van der Waals surface area contributed by atoms with Crippen LogP contribution in [0.4, 0.5) is 4.39 Å². The van der Waals surface area contributed by atoms with Gasteiger partial charge in [-0.05, 0) is 48.6 Å². The first-order valence-corrected chi connectivity index (χ1v) is 6.91. The number of hydrogen-bond acceptors (Lipinski definition) is 2. The molecule has 104 valence electrons. The summed E-state index contributed by atoms with van der Waals surface area (Å²) in [4.78, 5) is 0. The van der Waals surface area contributed by atoms with E-state index in [2.05, 4.69) is 0 Å². The molecule has 0 radical (unpaired) electrons. The highest BCUT2D eigenvalue weighted by molar-refractivity contribution is 5.38. The Kier molecular flexibility index (Phi) is 3.70. The van der Waals surface area contributed by atoms with Crippen molar-refractivity contribution < 1.29 is 14.2 Å². The highest BCUT2D eigenvalue weighted by Gasteiger charge is 2.18. The maximum atomic E-state index is 13.5. The number of fused-ring (bicyclic) bond motifs is 1. The number of rotatable bonds is 3. The van der Waals surface area contributed by atoms with Crippen LogP contribution in [0.2, 0.25) is 0 Å². The molecule has 2 aromatic carbocycles. The molecule has 1 aliphatic carbocycles. The van der Waals surface area contributed by atoms with Gasteiger partial charge in [0, 0.05) is 5.56 Å². The van der Waals surface area contributed by atoms with E-state index in [0.717, 1.165) is 24.8 Å². The lowest BCUT2D eigenvalue weighted by Crippen LogP contribution is -2.09. The van der Waals surface area contributed by atoms with E-state index >= 15 is 0 Å². The highest BCUT2D eigenvalue weighted by Crippen LogP contribution is 2.32. The van der Waals surface area contributed by atoms with Crippen molar-refractivity contribution in [2.45, 2.75) is 32.0 Å². The molecule has 1 atom stereocenters. The molecule has 0 bridgehead atoms. The summed E-state index contributed by atoms with van der Waals surface area (Å²) in [7, 11) is 0. The van der Waals surface area contributed by atoms with Gasteiger partial charge in [0.2, 0.25) is 0 Å². The van der Waals surface area contributed by atoms with E-state index in [9.17, 15) is 9.50 Å². The van der Waals surface area contributed by atoms with Crippen LogP contribution in [0.5, 0.6) is 5.75 Å². The summed E-state index contributed by atoms with van der Waals surface area (Å²) in [6, 6.07) is 12.3. The zero-order valence-electron chi connectivity index (χ0n) is 11.2. The first-order chi connectivity index (χ1) is 9.74. The molecular weight excluding hydrogens is 255 g/mol. The standard InChI is InChI=1S/C17H17FO2/c18-16-6-2-1-4-13(16)11-20-14-9-8-12-5-3-7-17(19)15(12)10-14/h1-2,4,6,8-10,17,19H,3,5,7,11H2. The van der Waals surface area contributed by atoms with Gasteiger partial charge in [-0.3, -0.25) is 0 Å². The topological polar surface area (TPSA) is 29.5 Å². The summed E-state index contributed by atoms with van der Waals surface area (Å²) in [6.07, 6.45) is 2.41. The number of aryl methyl sites for hydroxylation is 1. The Morgan fingerprint density at radius 3 is 2.90 bits per heavy atom. The number of benzene rings is 2. The lowest BCUT2D eigenvalue weighted by Gasteiger charge is -2.22. The van der Waals surface area contributed by atoms with Gasteiger partial charge in [0.1, 0.15) is 18.2 Å². The molecule has 1 aliphatic rings. The summed E-state index contributed by atoms with van der Waals surface area (Å²) in [5.74, 6) is 0.415. The zero-order valence-corrected chi connectivity index (χ0v) is 11.2. The molecule has 0 saturated carbocycles. The normalized spacial score (nSPS) is 17.6. The second-order valence-electron chi connectivity index (χ2n) is 5.15. The molecule has 0 fully saturated rings. The summed E-state index contributed by atoms with van der Waals surface area (Å²) >= 11 is 0. The van der Waals surface area contributed by atoms with Crippen molar-refractivity contribution >= 4 is 0 Å². The SMILES string of the molecule is OC1CCCc2ccc(OCc3ccccc3F)cc21. The highest BCUT2D eigenvalue weighted by atomic mass is 19.1. The zero-order chi connectivity index (χ0) is 13.9. The first kappa shape index (κ1) is 13.1. The van der Waals surface area contributed by atoms with Gasteiger partial charge in [-0.1, -0.05) is 24.3 Å². The minimum absolute atomic E-state index is 0.196. The van der Waals surface area contributed by atoms with Crippen molar-refractivity contribution in [1.29, 1.82) is 0 Å². The number of hydrogen-bond donors (Lipinski definition) is 1. The predicted octanol–water partition coefficient (Wildman–Crippen LogP) is 3.77. The lowest BCUT2D eigenvalue weighted by molar-refractivity contribution is 0.156. The summed E-state index contributed by atoms with van der Waals surface area (Å²) in [5.41, 5.74) is 2.66. The van der Waals surface area contributed by atoms with E-state index in [-0.39, 0.29) is 12.4 Å². The summed E-state index contributed by atoms with van der Waals surface area (Å²) in [5, 5.41) is 10.00. The summed E-state index contributed by atoms with van der Waals surface area (Å²) in [6.45, 7) is 0.196. The van der Waals surface area contributed by atoms with E-state index in [1.807, 2.05) is 18.2 Å². The minimum Gasteiger partial charge on any atom is -0.489 e. The first-order valence-electron chi connectivity index (χ1n) is 6.91. The molecule has 20 heavy (non-hydrogen) atoms. The molecule has 0 heterocycles. The second-order valence-corrected chi connectivity index (χ2v) is 5.15. The molecule has 3 rings (SSSR count). The van der Waals surface area contributed by atoms with Crippen molar-refractivity contribution in [3.8, 4) is 5.75 Å². The smallest absolute Gasteiger partial charge is 0.129 e. The van der Waals surface area contributed by atoms with Crippen molar-refractivity contribution in [1.82, 2.24) is 0 Å². The Morgan fingerprint density at radius 2 is 2.05 bits per heavy atom. The second kappa shape index (κ2) is 5.63. The van der Waals surface area contributed by atoms with Gasteiger partial charge in [0.15, 0.2) is 0 Å². The number of aliphatic hydroxyl groups excluding tert-OH is 1. The molecule has 1 N–H and O–H groups in total. The number of aliphatic hydroxyl groups is 1. The largest absolute Gasteiger partial charge is 0.489 e. The van der Waals surface area contributed by atoms with E-state index in [1.165, 1.54) is 11.6 Å². The lowest BCUT2D eigenvalue weighted by atomic mass is 9.89. The molecule has 0 saturated heterocycles. The third-order valence-electron chi connectivity index (χ3n) is 3.75. The fraction of sp³-hybridized carbons (Fsp3) is 0.294. The predicted molar refractivity (Wildman–Crippen MR) is 75.1 cm³/mol. The van der Waals surface area contributed by atoms with Gasteiger partial charge in [-0.25, -0.2) is 4.39 Å². The van der Waals surface area contributed by atoms with Gasteiger partial charge in [-0.2, -0.15) is 0 Å². The number of ether oxygens (including phenoxy) is 1. The minimum atomic E-state index is -0.407. The molecule has 3 heteroatoms. The van der Waals surface area contributed by atoms with Crippen LogP contribution < -0.4 is 4.74 Å². The molecule has 0 amide bonds. The maximum Gasteiger partial charge on any atom is 0.129 e. The van der Waals surface area contributed by atoms with E-state index in [4.69, 9.17) is 4.74 Å². The Hall–Kier alpha value is -1.87. The third kappa shape index (κ3) is 2.68. The van der Waals surface area contributed by atoms with E-state index in [0.29, 0.717) is 11.3 Å². The fourth-order valence-corrected chi connectivity index (χ4v) is 2.62. The third-order valence-corrected chi connectivity index (χ3v) is 3.75. The Labute approximate surface area is 117 Å². The van der Waals surface area contributed by atoms with Crippen LogP contribution in [0.25, 0.3) is 0 Å². The number of halogens is 1. The molecule has 2 aromatic rings. The van der Waals surface area contributed by atoms with Crippen molar-refractivity contribution in [3.05, 3.63) is 65.0 Å². The molecule has 0 aliphatic heterocycles. The van der Waals surface area contributed by atoms with Crippen LogP contribution in [0.1, 0.15) is 35.6 Å². The molecule has 1 unspecified atom stereocenters. The monoisotopic (exact) mass is 272 g/mol. The van der Waals surface area contributed by atoms with Crippen LogP contribution in [-0.4, -0.2) is 5.11 Å². The molecule has 0 spiro atoms. The van der Waals surface area contributed by atoms with Crippen molar-refractivity contribution in [3.63, 3.8) is 0 Å². The van der Waals surface area contributed by atoms with Crippen LogP contribution in [0.3, 0.4) is 0 Å². The van der Waals surface area contributed by atoms with Crippen molar-refractivity contribution in [2.24, 2.45) is 0 Å².